The first-order chi connectivity index (χ1) is 7.66. The van der Waals surface area contributed by atoms with E-state index in [0.29, 0.717) is 5.41 Å². The molecule has 17 heavy (non-hydrogen) atoms. The largest absolute Gasteiger partial charge is 0.476 e. The lowest BCUT2D eigenvalue weighted by molar-refractivity contribution is 0.223. The van der Waals surface area contributed by atoms with Crippen molar-refractivity contribution in [1.29, 1.82) is 0 Å². The van der Waals surface area contributed by atoms with Gasteiger partial charge < -0.3 is 0 Å². The third-order valence-corrected chi connectivity index (χ3v) is 3.59. The Kier molecular flexibility index (Phi) is 4.60. The summed E-state index contributed by atoms with van der Waals surface area (Å²) in [6.45, 7) is 6.82. The van der Waals surface area contributed by atoms with Crippen molar-refractivity contribution < 1.29 is 8.42 Å². The Labute approximate surface area is 105 Å². The zero-order valence-electron chi connectivity index (χ0n) is 11.4. The lowest BCUT2D eigenvalue weighted by atomic mass is 9.75. The highest BCUT2D eigenvalue weighted by Gasteiger charge is 2.27. The maximum Gasteiger partial charge on any atom is 0.476 e. The van der Waals surface area contributed by atoms with Crippen LogP contribution in [-0.2, 0) is 10.0 Å². The van der Waals surface area contributed by atoms with Crippen molar-refractivity contribution >= 4 is 10.0 Å². The summed E-state index contributed by atoms with van der Waals surface area (Å²) in [4.78, 5) is 0. The molecule has 0 unspecified atom stereocenters. The number of hydrogen-bond acceptors (Lipinski definition) is 2. The van der Waals surface area contributed by atoms with Gasteiger partial charge in [-0.1, -0.05) is 20.8 Å². The normalized spacial score (nSPS) is 26.1. The van der Waals surface area contributed by atoms with E-state index in [2.05, 4.69) is 31.1 Å². The minimum Gasteiger partial charge on any atom is -0.148 e. The van der Waals surface area contributed by atoms with Gasteiger partial charge in [0.05, 0.1) is 10.2 Å². The molecule has 4 heteroatoms. The molecule has 0 radical (unpaired) electrons. The standard InChI is InChI=1S/C13H24NO2S/c1-13(2,3)9-11-5-7-12(8-6-11)10-14-17(4,15)16/h11-12H,5-9H2,1-4H3/q+1. The van der Waals surface area contributed by atoms with E-state index in [0.717, 1.165) is 25.0 Å². The highest BCUT2D eigenvalue weighted by atomic mass is 32.2. The fourth-order valence-electron chi connectivity index (χ4n) is 2.53. The van der Waals surface area contributed by atoms with Crippen LogP contribution in [0, 0.1) is 23.3 Å². The van der Waals surface area contributed by atoms with Crippen LogP contribution in [0.15, 0.2) is 0 Å². The van der Waals surface area contributed by atoms with Gasteiger partial charge in [0.2, 0.25) is 0 Å². The second-order valence-corrected chi connectivity index (χ2v) is 8.08. The number of hydrogen-bond donors (Lipinski definition) is 0. The number of sulfonamides is 1. The molecule has 1 aliphatic carbocycles. The minimum absolute atomic E-state index is 0.237. The Morgan fingerprint density at radius 2 is 1.71 bits per heavy atom. The second-order valence-electron chi connectivity index (χ2n) is 6.44. The van der Waals surface area contributed by atoms with Gasteiger partial charge in [-0.2, -0.15) is 0 Å². The van der Waals surface area contributed by atoms with E-state index >= 15 is 0 Å². The van der Waals surface area contributed by atoms with E-state index in [4.69, 9.17) is 0 Å². The van der Waals surface area contributed by atoms with Crippen molar-refractivity contribution in [2.75, 3.05) is 6.26 Å². The van der Waals surface area contributed by atoms with Crippen LogP contribution in [0.4, 0.5) is 0 Å². The summed E-state index contributed by atoms with van der Waals surface area (Å²) >= 11 is 0. The molecule has 0 N–H and O–H groups in total. The minimum atomic E-state index is -3.25. The smallest absolute Gasteiger partial charge is 0.148 e. The van der Waals surface area contributed by atoms with Gasteiger partial charge in [-0.25, -0.2) is 0 Å². The molecule has 1 saturated carbocycles. The molecule has 1 fully saturated rings. The molecular formula is C13H24NO2S+. The van der Waals surface area contributed by atoms with Crippen molar-refractivity contribution in [3.05, 3.63) is 4.25 Å². The molecule has 0 bridgehead atoms. The Bertz CT molecular complexity index is 401. The molecule has 0 aromatic rings. The quantitative estimate of drug-likeness (QED) is 0.721. The van der Waals surface area contributed by atoms with E-state index < -0.39 is 10.0 Å². The molecule has 3 nitrogen and oxygen atoms in total. The Balaban J connectivity index is 2.43. The highest BCUT2D eigenvalue weighted by molar-refractivity contribution is 7.92. The van der Waals surface area contributed by atoms with Gasteiger partial charge in [0.25, 0.3) is 0 Å². The molecule has 0 saturated heterocycles. The van der Waals surface area contributed by atoms with Gasteiger partial charge in [0.1, 0.15) is 6.26 Å². The Hall–Kier alpha value is -0.560. The molecule has 1 aliphatic rings. The zero-order valence-corrected chi connectivity index (χ0v) is 12.2. The monoisotopic (exact) mass is 258 g/mol. The summed E-state index contributed by atoms with van der Waals surface area (Å²) in [5, 5.41) is 0. The number of nitrogens with zero attached hydrogens (tertiary/aromatic N) is 1. The molecule has 0 amide bonds. The van der Waals surface area contributed by atoms with E-state index in [9.17, 15) is 8.42 Å². The number of rotatable bonds is 1. The first kappa shape index (κ1) is 14.5. The Morgan fingerprint density at radius 3 is 2.12 bits per heavy atom. The zero-order chi connectivity index (χ0) is 13.1. The fourth-order valence-corrected chi connectivity index (χ4v) is 2.87. The van der Waals surface area contributed by atoms with Crippen molar-refractivity contribution in [3.8, 4) is 6.07 Å². The summed E-state index contributed by atoms with van der Waals surface area (Å²) in [5.74, 6) is 1.02. The van der Waals surface area contributed by atoms with Crippen LogP contribution in [0.5, 0.6) is 0 Å². The van der Waals surface area contributed by atoms with Crippen LogP contribution in [0.25, 0.3) is 4.25 Å². The van der Waals surface area contributed by atoms with Crippen molar-refractivity contribution in [1.82, 2.24) is 0 Å². The molecule has 1 rings (SSSR count). The molecule has 0 heterocycles. The predicted molar refractivity (Wildman–Crippen MR) is 71.6 cm³/mol. The van der Waals surface area contributed by atoms with Gasteiger partial charge in [-0.15, -0.1) is 8.42 Å². The van der Waals surface area contributed by atoms with Gasteiger partial charge in [0.15, 0.2) is 0 Å². The van der Waals surface area contributed by atoms with Crippen molar-refractivity contribution in [2.45, 2.75) is 52.9 Å². The lowest BCUT2D eigenvalue weighted by Crippen LogP contribution is -2.19. The predicted octanol–water partition coefficient (Wildman–Crippen LogP) is 3.52. The average molecular weight is 258 g/mol. The van der Waals surface area contributed by atoms with Gasteiger partial charge in [0, 0.05) is 0 Å². The van der Waals surface area contributed by atoms with E-state index in [1.807, 2.05) is 0 Å². The summed E-state index contributed by atoms with van der Waals surface area (Å²) in [6, 6.07) is 2.78. The summed E-state index contributed by atoms with van der Waals surface area (Å²) in [6.07, 6.45) is 6.77. The topological polar surface area (TPSA) is 38.5 Å². The Morgan fingerprint density at radius 1 is 1.18 bits per heavy atom. The molecular weight excluding hydrogens is 234 g/mol. The summed E-state index contributed by atoms with van der Waals surface area (Å²) in [7, 11) is -3.25. The summed E-state index contributed by atoms with van der Waals surface area (Å²) < 4.78 is 25.3. The molecule has 0 atom stereocenters. The highest BCUT2D eigenvalue weighted by Crippen LogP contribution is 2.36. The molecule has 0 aromatic heterocycles. The van der Waals surface area contributed by atoms with Crippen molar-refractivity contribution in [2.24, 2.45) is 17.3 Å². The van der Waals surface area contributed by atoms with Crippen LogP contribution in [-0.4, -0.2) is 14.7 Å². The van der Waals surface area contributed by atoms with Crippen molar-refractivity contribution in [3.63, 3.8) is 0 Å². The van der Waals surface area contributed by atoms with E-state index in [1.54, 1.807) is 0 Å². The third kappa shape index (κ3) is 6.68. The fraction of sp³-hybridized carbons (Fsp3) is 0.923. The average Bonchev–Trinajstić information content (AvgIpc) is 2.13. The van der Waals surface area contributed by atoms with Crippen LogP contribution in [0.3, 0.4) is 0 Å². The SMILES string of the molecule is CC(C)(C)CC1CCC(C#[N+]S(C)(=O)=O)CC1. The van der Waals surface area contributed by atoms with Crippen LogP contribution < -0.4 is 0 Å². The maximum absolute atomic E-state index is 10.9. The van der Waals surface area contributed by atoms with E-state index in [-0.39, 0.29) is 5.92 Å². The molecule has 0 spiro atoms. The maximum atomic E-state index is 10.9. The molecule has 0 aliphatic heterocycles. The van der Waals surface area contributed by atoms with Gasteiger partial charge in [-0.05, 0) is 43.4 Å². The first-order valence-electron chi connectivity index (χ1n) is 6.33. The second kappa shape index (κ2) is 5.39. The third-order valence-electron chi connectivity index (χ3n) is 3.15. The van der Waals surface area contributed by atoms with Gasteiger partial charge in [-0.3, -0.25) is 0 Å². The van der Waals surface area contributed by atoms with Crippen LogP contribution >= 0.6 is 0 Å². The molecule has 98 valence electrons. The lowest BCUT2D eigenvalue weighted by Gasteiger charge is -2.29. The van der Waals surface area contributed by atoms with E-state index in [1.165, 1.54) is 19.3 Å². The van der Waals surface area contributed by atoms with Crippen LogP contribution in [0.2, 0.25) is 0 Å². The summed E-state index contributed by atoms with van der Waals surface area (Å²) in [5.41, 5.74) is 0.391. The first-order valence-corrected chi connectivity index (χ1v) is 8.18. The van der Waals surface area contributed by atoms with Crippen LogP contribution in [0.1, 0.15) is 52.9 Å². The molecule has 0 aromatic carbocycles. The van der Waals surface area contributed by atoms with Gasteiger partial charge >= 0.3 is 16.1 Å².